The van der Waals surface area contributed by atoms with Crippen LogP contribution in [0.2, 0.25) is 0 Å². The van der Waals surface area contributed by atoms with E-state index in [0.29, 0.717) is 19.7 Å². The number of carbonyl (C=O) groups excluding carboxylic acids is 1. The molecule has 2 rings (SSSR count). The normalized spacial score (nSPS) is 31.9. The zero-order chi connectivity index (χ0) is 10.7. The first kappa shape index (κ1) is 10.9. The van der Waals surface area contributed by atoms with Crippen molar-refractivity contribution in [1.82, 2.24) is 10.2 Å². The van der Waals surface area contributed by atoms with Gasteiger partial charge in [-0.3, -0.25) is 4.79 Å². The number of nitrogens with zero attached hydrogens (tertiary/aromatic N) is 1. The zero-order valence-electron chi connectivity index (χ0n) is 9.07. The van der Waals surface area contributed by atoms with E-state index in [2.05, 4.69) is 5.32 Å². The monoisotopic (exact) mass is 214 g/mol. The maximum absolute atomic E-state index is 12.0. The molecule has 86 valence electrons. The van der Waals surface area contributed by atoms with E-state index >= 15 is 0 Å². The largest absolute Gasteiger partial charge is 0.380 e. The summed E-state index contributed by atoms with van der Waals surface area (Å²) in [4.78, 5) is 13.8. The third-order valence-electron chi connectivity index (χ3n) is 2.99. The molecular weight excluding hydrogens is 196 g/mol. The minimum absolute atomic E-state index is 0.0988. The van der Waals surface area contributed by atoms with E-state index in [-0.39, 0.29) is 18.1 Å². The molecule has 5 nitrogen and oxygen atoms in total. The summed E-state index contributed by atoms with van der Waals surface area (Å²) in [5.74, 6) is 0.0988. The summed E-state index contributed by atoms with van der Waals surface area (Å²) in [6, 6.07) is 0. The van der Waals surface area contributed by atoms with Gasteiger partial charge in [0.2, 0.25) is 0 Å². The SMILES string of the molecule is CO[C@@H]1CCN(C(=O)[C@H]2CNCCO2)C1. The number of amides is 1. The molecule has 2 fully saturated rings. The Hall–Kier alpha value is -0.650. The lowest BCUT2D eigenvalue weighted by atomic mass is 10.2. The average molecular weight is 214 g/mol. The van der Waals surface area contributed by atoms with Crippen molar-refractivity contribution in [3.05, 3.63) is 0 Å². The minimum atomic E-state index is -0.297. The Balaban J connectivity index is 1.85. The van der Waals surface area contributed by atoms with Gasteiger partial charge in [-0.15, -0.1) is 0 Å². The number of nitrogens with one attached hydrogen (secondary N) is 1. The van der Waals surface area contributed by atoms with Crippen molar-refractivity contribution in [1.29, 1.82) is 0 Å². The lowest BCUT2D eigenvalue weighted by molar-refractivity contribution is -0.144. The number of ether oxygens (including phenoxy) is 2. The quantitative estimate of drug-likeness (QED) is 0.655. The summed E-state index contributed by atoms with van der Waals surface area (Å²) in [7, 11) is 1.69. The van der Waals surface area contributed by atoms with Gasteiger partial charge in [-0.25, -0.2) is 0 Å². The first-order valence-corrected chi connectivity index (χ1v) is 5.45. The van der Waals surface area contributed by atoms with Crippen molar-refractivity contribution in [3.63, 3.8) is 0 Å². The van der Waals surface area contributed by atoms with Crippen LogP contribution in [0, 0.1) is 0 Å². The van der Waals surface area contributed by atoms with Crippen LogP contribution in [0.4, 0.5) is 0 Å². The van der Waals surface area contributed by atoms with Gasteiger partial charge in [0.15, 0.2) is 0 Å². The maximum atomic E-state index is 12.0. The molecule has 1 N–H and O–H groups in total. The molecule has 0 aromatic carbocycles. The predicted octanol–water partition coefficient (Wildman–Crippen LogP) is -0.778. The average Bonchev–Trinajstić information content (AvgIpc) is 2.78. The lowest BCUT2D eigenvalue weighted by Crippen LogP contribution is -2.49. The van der Waals surface area contributed by atoms with Crippen molar-refractivity contribution in [2.45, 2.75) is 18.6 Å². The summed E-state index contributed by atoms with van der Waals surface area (Å²) >= 11 is 0. The van der Waals surface area contributed by atoms with Crippen LogP contribution in [-0.2, 0) is 14.3 Å². The Morgan fingerprint density at radius 3 is 3.07 bits per heavy atom. The van der Waals surface area contributed by atoms with Gasteiger partial charge < -0.3 is 19.7 Å². The molecule has 0 aromatic heterocycles. The van der Waals surface area contributed by atoms with Gasteiger partial charge in [0.05, 0.1) is 12.7 Å². The number of rotatable bonds is 2. The van der Waals surface area contributed by atoms with Crippen molar-refractivity contribution < 1.29 is 14.3 Å². The van der Waals surface area contributed by atoms with E-state index in [9.17, 15) is 4.79 Å². The van der Waals surface area contributed by atoms with Crippen LogP contribution in [0.25, 0.3) is 0 Å². The van der Waals surface area contributed by atoms with Crippen molar-refractivity contribution in [2.75, 3.05) is 39.9 Å². The molecule has 0 saturated carbocycles. The van der Waals surface area contributed by atoms with Gasteiger partial charge in [-0.1, -0.05) is 0 Å². The number of hydrogen-bond acceptors (Lipinski definition) is 4. The molecule has 2 aliphatic rings. The topological polar surface area (TPSA) is 50.8 Å². The Kier molecular flexibility index (Phi) is 3.56. The molecule has 0 bridgehead atoms. The molecule has 15 heavy (non-hydrogen) atoms. The second-order valence-electron chi connectivity index (χ2n) is 3.99. The first-order chi connectivity index (χ1) is 7.31. The number of hydrogen-bond donors (Lipinski definition) is 1. The van der Waals surface area contributed by atoms with Crippen LogP contribution in [0.15, 0.2) is 0 Å². The highest BCUT2D eigenvalue weighted by atomic mass is 16.5. The van der Waals surface area contributed by atoms with E-state index in [1.807, 2.05) is 4.90 Å². The molecule has 0 aromatic rings. The molecule has 0 spiro atoms. The summed E-state index contributed by atoms with van der Waals surface area (Å²) in [5, 5.41) is 3.16. The highest BCUT2D eigenvalue weighted by molar-refractivity contribution is 5.81. The molecule has 0 aliphatic carbocycles. The highest BCUT2D eigenvalue weighted by Gasteiger charge is 2.32. The summed E-state index contributed by atoms with van der Waals surface area (Å²) in [5.41, 5.74) is 0. The van der Waals surface area contributed by atoms with Crippen molar-refractivity contribution in [3.8, 4) is 0 Å². The summed E-state index contributed by atoms with van der Waals surface area (Å²) in [6.07, 6.45) is 0.836. The number of methoxy groups -OCH3 is 1. The number of carbonyl (C=O) groups is 1. The van der Waals surface area contributed by atoms with Crippen LogP contribution in [-0.4, -0.2) is 62.9 Å². The van der Waals surface area contributed by atoms with E-state index in [4.69, 9.17) is 9.47 Å². The van der Waals surface area contributed by atoms with Crippen LogP contribution in [0.3, 0.4) is 0 Å². The van der Waals surface area contributed by atoms with Crippen LogP contribution in [0.5, 0.6) is 0 Å². The fourth-order valence-corrected chi connectivity index (χ4v) is 2.05. The Bertz CT molecular complexity index is 229. The second kappa shape index (κ2) is 4.92. The zero-order valence-corrected chi connectivity index (χ0v) is 9.07. The molecule has 2 aliphatic heterocycles. The van der Waals surface area contributed by atoms with Gasteiger partial charge in [0.25, 0.3) is 5.91 Å². The standard InChI is InChI=1S/C10H18N2O3/c1-14-8-2-4-12(7-8)10(13)9-6-11-3-5-15-9/h8-9,11H,2-7H2,1H3/t8-,9-/m1/s1. The molecule has 5 heteroatoms. The smallest absolute Gasteiger partial charge is 0.253 e. The maximum Gasteiger partial charge on any atom is 0.253 e. The Morgan fingerprint density at radius 1 is 1.60 bits per heavy atom. The first-order valence-electron chi connectivity index (χ1n) is 5.45. The number of morpholine rings is 1. The lowest BCUT2D eigenvalue weighted by Gasteiger charge is -2.27. The Labute approximate surface area is 89.7 Å². The van der Waals surface area contributed by atoms with Crippen molar-refractivity contribution >= 4 is 5.91 Å². The molecular formula is C10H18N2O3. The molecule has 2 heterocycles. The summed E-state index contributed by atoms with van der Waals surface area (Å²) in [6.45, 7) is 3.59. The molecule has 0 radical (unpaired) electrons. The second-order valence-corrected chi connectivity index (χ2v) is 3.99. The third-order valence-corrected chi connectivity index (χ3v) is 2.99. The molecule has 2 saturated heterocycles. The molecule has 0 unspecified atom stereocenters. The van der Waals surface area contributed by atoms with Gasteiger partial charge in [0.1, 0.15) is 6.10 Å². The van der Waals surface area contributed by atoms with Crippen LogP contribution >= 0.6 is 0 Å². The minimum Gasteiger partial charge on any atom is -0.380 e. The highest BCUT2D eigenvalue weighted by Crippen LogP contribution is 2.14. The van der Waals surface area contributed by atoms with Crippen molar-refractivity contribution in [2.24, 2.45) is 0 Å². The third kappa shape index (κ3) is 2.48. The molecule has 1 amide bonds. The van der Waals surface area contributed by atoms with E-state index in [0.717, 1.165) is 19.5 Å². The van der Waals surface area contributed by atoms with Crippen LogP contribution in [0.1, 0.15) is 6.42 Å². The van der Waals surface area contributed by atoms with Gasteiger partial charge in [-0.05, 0) is 6.42 Å². The van der Waals surface area contributed by atoms with Gasteiger partial charge in [-0.2, -0.15) is 0 Å². The van der Waals surface area contributed by atoms with E-state index in [1.165, 1.54) is 0 Å². The fraction of sp³-hybridized carbons (Fsp3) is 0.900. The molecule has 2 atom stereocenters. The fourth-order valence-electron chi connectivity index (χ4n) is 2.05. The van der Waals surface area contributed by atoms with Gasteiger partial charge in [0, 0.05) is 33.3 Å². The summed E-state index contributed by atoms with van der Waals surface area (Å²) < 4.78 is 10.7. The number of likely N-dealkylation sites (tertiary alicyclic amines) is 1. The van der Waals surface area contributed by atoms with E-state index < -0.39 is 0 Å². The van der Waals surface area contributed by atoms with E-state index in [1.54, 1.807) is 7.11 Å². The predicted molar refractivity (Wildman–Crippen MR) is 54.6 cm³/mol. The Morgan fingerprint density at radius 2 is 2.47 bits per heavy atom. The van der Waals surface area contributed by atoms with Crippen LogP contribution < -0.4 is 5.32 Å². The van der Waals surface area contributed by atoms with Gasteiger partial charge >= 0.3 is 0 Å².